The summed E-state index contributed by atoms with van der Waals surface area (Å²) >= 11 is 0. The Bertz CT molecular complexity index is 361. The van der Waals surface area contributed by atoms with Crippen molar-refractivity contribution in [3.05, 3.63) is 30.3 Å². The number of para-hydroxylation sites is 1. The standard InChI is InChI=1S/C14H20N2O2/c17-14(16-12-5-2-1-3-6-12)8-9-15-11-13-7-4-10-18-13/h1-3,5-6,13,15H,4,7-11H2,(H,16,17). The molecule has 1 unspecified atom stereocenters. The van der Waals surface area contributed by atoms with Crippen molar-refractivity contribution in [2.24, 2.45) is 0 Å². The number of hydrogen-bond donors (Lipinski definition) is 2. The molecule has 0 spiro atoms. The van der Waals surface area contributed by atoms with E-state index in [0.29, 0.717) is 19.1 Å². The Morgan fingerprint density at radius 2 is 2.17 bits per heavy atom. The zero-order chi connectivity index (χ0) is 12.6. The van der Waals surface area contributed by atoms with Gasteiger partial charge in [0.2, 0.25) is 5.91 Å². The fraction of sp³-hybridized carbons (Fsp3) is 0.500. The lowest BCUT2D eigenvalue weighted by Crippen LogP contribution is -2.29. The highest BCUT2D eigenvalue weighted by Crippen LogP contribution is 2.10. The van der Waals surface area contributed by atoms with Crippen molar-refractivity contribution >= 4 is 11.6 Å². The molecule has 1 aliphatic rings. The van der Waals surface area contributed by atoms with Gasteiger partial charge in [-0.3, -0.25) is 4.79 Å². The average molecular weight is 248 g/mol. The topological polar surface area (TPSA) is 50.4 Å². The maximum absolute atomic E-state index is 11.6. The molecule has 1 atom stereocenters. The van der Waals surface area contributed by atoms with E-state index in [0.717, 1.165) is 31.7 Å². The molecule has 0 aromatic heterocycles. The Morgan fingerprint density at radius 1 is 1.33 bits per heavy atom. The lowest BCUT2D eigenvalue weighted by molar-refractivity contribution is -0.116. The molecule has 1 aromatic carbocycles. The van der Waals surface area contributed by atoms with Gasteiger partial charge in [0.05, 0.1) is 6.10 Å². The van der Waals surface area contributed by atoms with E-state index >= 15 is 0 Å². The first-order chi connectivity index (χ1) is 8.84. The molecule has 1 saturated heterocycles. The van der Waals surface area contributed by atoms with Crippen LogP contribution < -0.4 is 10.6 Å². The van der Waals surface area contributed by atoms with E-state index < -0.39 is 0 Å². The van der Waals surface area contributed by atoms with Crippen LogP contribution in [0.2, 0.25) is 0 Å². The monoisotopic (exact) mass is 248 g/mol. The lowest BCUT2D eigenvalue weighted by Gasteiger charge is -2.10. The minimum atomic E-state index is 0.0426. The van der Waals surface area contributed by atoms with Crippen molar-refractivity contribution in [3.8, 4) is 0 Å². The molecule has 1 aliphatic heterocycles. The second-order valence-electron chi connectivity index (χ2n) is 4.50. The Morgan fingerprint density at radius 3 is 2.89 bits per heavy atom. The maximum atomic E-state index is 11.6. The quantitative estimate of drug-likeness (QED) is 0.755. The third-order valence-electron chi connectivity index (χ3n) is 2.98. The van der Waals surface area contributed by atoms with Crippen LogP contribution >= 0.6 is 0 Å². The Labute approximate surface area is 108 Å². The van der Waals surface area contributed by atoms with Crippen LogP contribution in [0, 0.1) is 0 Å². The van der Waals surface area contributed by atoms with Gasteiger partial charge in [0.1, 0.15) is 0 Å². The third-order valence-corrected chi connectivity index (χ3v) is 2.98. The minimum Gasteiger partial charge on any atom is -0.377 e. The molecule has 18 heavy (non-hydrogen) atoms. The number of carbonyl (C=O) groups excluding carboxylic acids is 1. The Balaban J connectivity index is 1.57. The SMILES string of the molecule is O=C(CCNCC1CCCO1)Nc1ccccc1. The molecule has 0 bridgehead atoms. The summed E-state index contributed by atoms with van der Waals surface area (Å²) in [6.07, 6.45) is 3.10. The fourth-order valence-corrected chi connectivity index (χ4v) is 2.02. The van der Waals surface area contributed by atoms with Gasteiger partial charge in [-0.15, -0.1) is 0 Å². The number of carbonyl (C=O) groups is 1. The minimum absolute atomic E-state index is 0.0426. The zero-order valence-electron chi connectivity index (χ0n) is 10.5. The second kappa shape index (κ2) is 7.13. The van der Waals surface area contributed by atoms with E-state index in [4.69, 9.17) is 4.74 Å². The highest BCUT2D eigenvalue weighted by Gasteiger charge is 2.14. The van der Waals surface area contributed by atoms with E-state index in [1.807, 2.05) is 30.3 Å². The van der Waals surface area contributed by atoms with Crippen LogP contribution in [0.15, 0.2) is 30.3 Å². The summed E-state index contributed by atoms with van der Waals surface area (Å²) in [7, 11) is 0. The highest BCUT2D eigenvalue weighted by atomic mass is 16.5. The number of benzene rings is 1. The first-order valence-electron chi connectivity index (χ1n) is 6.52. The van der Waals surface area contributed by atoms with Crippen LogP contribution in [0.5, 0.6) is 0 Å². The molecule has 2 N–H and O–H groups in total. The largest absolute Gasteiger partial charge is 0.377 e. The predicted molar refractivity (Wildman–Crippen MR) is 71.5 cm³/mol. The summed E-state index contributed by atoms with van der Waals surface area (Å²) in [6, 6.07) is 9.52. The van der Waals surface area contributed by atoms with Crippen molar-refractivity contribution in [3.63, 3.8) is 0 Å². The van der Waals surface area contributed by atoms with Crippen molar-refractivity contribution in [1.82, 2.24) is 5.32 Å². The first kappa shape index (κ1) is 13.1. The van der Waals surface area contributed by atoms with Crippen molar-refractivity contribution in [2.75, 3.05) is 25.0 Å². The van der Waals surface area contributed by atoms with Gasteiger partial charge in [-0.05, 0) is 25.0 Å². The zero-order valence-corrected chi connectivity index (χ0v) is 10.5. The van der Waals surface area contributed by atoms with Gasteiger partial charge in [-0.1, -0.05) is 18.2 Å². The van der Waals surface area contributed by atoms with Gasteiger partial charge in [0.25, 0.3) is 0 Å². The summed E-state index contributed by atoms with van der Waals surface area (Å²) in [5.41, 5.74) is 0.849. The molecular formula is C14H20N2O2. The molecule has 0 saturated carbocycles. The maximum Gasteiger partial charge on any atom is 0.225 e. The van der Waals surface area contributed by atoms with Gasteiger partial charge in [-0.25, -0.2) is 0 Å². The van der Waals surface area contributed by atoms with E-state index in [-0.39, 0.29) is 5.91 Å². The van der Waals surface area contributed by atoms with E-state index in [9.17, 15) is 4.79 Å². The van der Waals surface area contributed by atoms with E-state index in [2.05, 4.69) is 10.6 Å². The summed E-state index contributed by atoms with van der Waals surface area (Å²) in [5, 5.41) is 6.12. The molecule has 0 radical (unpaired) electrons. The number of rotatable bonds is 6. The number of hydrogen-bond acceptors (Lipinski definition) is 3. The summed E-state index contributed by atoms with van der Waals surface area (Å²) < 4.78 is 5.49. The fourth-order valence-electron chi connectivity index (χ4n) is 2.02. The van der Waals surface area contributed by atoms with Gasteiger partial charge in [-0.2, -0.15) is 0 Å². The highest BCUT2D eigenvalue weighted by molar-refractivity contribution is 5.90. The summed E-state index contributed by atoms with van der Waals surface area (Å²) in [4.78, 5) is 11.6. The predicted octanol–water partition coefficient (Wildman–Crippen LogP) is 1.78. The molecule has 98 valence electrons. The number of ether oxygens (including phenoxy) is 1. The Kier molecular flexibility index (Phi) is 5.17. The molecule has 1 heterocycles. The number of anilines is 1. The molecule has 1 amide bonds. The molecule has 4 heteroatoms. The average Bonchev–Trinajstić information content (AvgIpc) is 2.89. The van der Waals surface area contributed by atoms with Crippen molar-refractivity contribution in [2.45, 2.75) is 25.4 Å². The normalized spacial score (nSPS) is 18.8. The number of nitrogens with one attached hydrogen (secondary N) is 2. The summed E-state index contributed by atoms with van der Waals surface area (Å²) in [5.74, 6) is 0.0426. The van der Waals surface area contributed by atoms with Crippen LogP contribution in [0.3, 0.4) is 0 Å². The smallest absolute Gasteiger partial charge is 0.225 e. The molecule has 2 rings (SSSR count). The van der Waals surface area contributed by atoms with Crippen molar-refractivity contribution in [1.29, 1.82) is 0 Å². The van der Waals surface area contributed by atoms with Gasteiger partial charge >= 0.3 is 0 Å². The van der Waals surface area contributed by atoms with Crippen LogP contribution in [-0.2, 0) is 9.53 Å². The van der Waals surface area contributed by atoms with Crippen LogP contribution in [0.4, 0.5) is 5.69 Å². The molecule has 0 aliphatic carbocycles. The number of amides is 1. The first-order valence-corrected chi connectivity index (χ1v) is 6.52. The van der Waals surface area contributed by atoms with Crippen molar-refractivity contribution < 1.29 is 9.53 Å². The van der Waals surface area contributed by atoms with Crippen LogP contribution in [0.25, 0.3) is 0 Å². The molecule has 4 nitrogen and oxygen atoms in total. The van der Waals surface area contributed by atoms with Crippen LogP contribution in [-0.4, -0.2) is 31.7 Å². The molecule has 1 fully saturated rings. The van der Waals surface area contributed by atoms with E-state index in [1.165, 1.54) is 0 Å². The second-order valence-corrected chi connectivity index (χ2v) is 4.50. The van der Waals surface area contributed by atoms with Gasteiger partial charge < -0.3 is 15.4 Å². The van der Waals surface area contributed by atoms with E-state index in [1.54, 1.807) is 0 Å². The summed E-state index contributed by atoms with van der Waals surface area (Å²) in [6.45, 7) is 2.41. The van der Waals surface area contributed by atoms with Gasteiger partial charge in [0.15, 0.2) is 0 Å². The Hall–Kier alpha value is -1.39. The third kappa shape index (κ3) is 4.47. The lowest BCUT2D eigenvalue weighted by atomic mass is 10.2. The van der Waals surface area contributed by atoms with Crippen LogP contribution in [0.1, 0.15) is 19.3 Å². The molecular weight excluding hydrogens is 228 g/mol. The molecule has 1 aromatic rings. The van der Waals surface area contributed by atoms with Gasteiger partial charge in [0, 0.05) is 31.8 Å².